The van der Waals surface area contributed by atoms with Gasteiger partial charge in [-0.05, 0) is 134 Å². The molecule has 2 aliphatic carbocycles. The number of thiophene rings is 1. The van der Waals surface area contributed by atoms with Gasteiger partial charge in [-0.25, -0.2) is 0 Å². The van der Waals surface area contributed by atoms with Crippen LogP contribution in [0.25, 0.3) is 59.1 Å². The van der Waals surface area contributed by atoms with Gasteiger partial charge < -0.3 is 4.90 Å². The Morgan fingerprint density at radius 1 is 0.478 bits per heavy atom. The van der Waals surface area contributed by atoms with Crippen LogP contribution in [0, 0.1) is 0 Å². The SMILES string of the molecule is C=CC1=C(/C=C\C)C(C)(C)c2cc(-c3ccc(N(c4cccc(-c5ccc6sc7ccccc7c6c5)c4)c4cccc5c4-c4ccccc4C5(c4ccccc4)c4ccccc4)cc3)ccc21. The summed E-state index contributed by atoms with van der Waals surface area (Å²) in [5.41, 5.74) is 20.2. The van der Waals surface area contributed by atoms with Crippen LogP contribution >= 0.6 is 11.3 Å². The van der Waals surface area contributed by atoms with Crippen molar-refractivity contribution in [3.8, 4) is 33.4 Å². The molecule has 0 saturated carbocycles. The molecule has 10 aromatic rings. The van der Waals surface area contributed by atoms with Crippen molar-refractivity contribution < 1.29 is 0 Å². The van der Waals surface area contributed by atoms with Gasteiger partial charge in [0.25, 0.3) is 0 Å². The summed E-state index contributed by atoms with van der Waals surface area (Å²) in [7, 11) is 0. The van der Waals surface area contributed by atoms with Crippen LogP contribution in [-0.4, -0.2) is 0 Å². The first-order chi connectivity index (χ1) is 32.9. The maximum atomic E-state index is 4.22. The fourth-order valence-electron chi connectivity index (χ4n) is 11.4. The van der Waals surface area contributed by atoms with Gasteiger partial charge in [0.15, 0.2) is 0 Å². The van der Waals surface area contributed by atoms with Crippen molar-refractivity contribution in [3.05, 3.63) is 276 Å². The van der Waals surface area contributed by atoms with Gasteiger partial charge >= 0.3 is 0 Å². The number of anilines is 3. The van der Waals surface area contributed by atoms with Crippen LogP contribution in [-0.2, 0) is 10.8 Å². The standard InChI is InChI=1S/C65H49NS/c1-5-19-56-51(6-2)52-38-34-46(42-59(52)64(56,3)4)43-32-36-49(37-33-43)66(50-25-17-20-44(40-50)45-35-39-62-55(41-45)53-26-14-16-31-61(53)67-62)60-30-18-29-58-63(60)54-27-13-15-28-57(54)65(58,47-21-9-7-10-22-47)48-23-11-8-12-24-48/h5-42H,2H2,1,3-4H3/b19-5-. The van der Waals surface area contributed by atoms with E-state index in [9.17, 15) is 0 Å². The number of rotatable bonds is 9. The quantitative estimate of drug-likeness (QED) is 0.140. The van der Waals surface area contributed by atoms with Crippen molar-refractivity contribution in [2.75, 3.05) is 4.90 Å². The lowest BCUT2D eigenvalue weighted by Gasteiger charge is -2.34. The summed E-state index contributed by atoms with van der Waals surface area (Å²) in [6.07, 6.45) is 6.41. The minimum Gasteiger partial charge on any atom is -0.310 e. The lowest BCUT2D eigenvalue weighted by atomic mass is 9.68. The van der Waals surface area contributed by atoms with Gasteiger partial charge in [-0.3, -0.25) is 0 Å². The maximum Gasteiger partial charge on any atom is 0.0714 e. The van der Waals surface area contributed by atoms with Crippen molar-refractivity contribution in [2.45, 2.75) is 31.6 Å². The molecular weight excluding hydrogens is 827 g/mol. The largest absolute Gasteiger partial charge is 0.310 e. The minimum atomic E-state index is -0.519. The summed E-state index contributed by atoms with van der Waals surface area (Å²) in [5, 5.41) is 2.61. The lowest BCUT2D eigenvalue weighted by molar-refractivity contribution is 0.654. The molecule has 0 radical (unpaired) electrons. The summed E-state index contributed by atoms with van der Waals surface area (Å²) >= 11 is 1.86. The number of nitrogens with zero attached hydrogens (tertiary/aromatic N) is 1. The van der Waals surface area contributed by atoms with Crippen molar-refractivity contribution in [3.63, 3.8) is 0 Å². The van der Waals surface area contributed by atoms with Gasteiger partial charge in [-0.2, -0.15) is 0 Å². The first kappa shape index (κ1) is 40.7. The molecule has 0 bridgehead atoms. The van der Waals surface area contributed by atoms with E-state index in [1.807, 2.05) is 17.4 Å². The summed E-state index contributed by atoms with van der Waals surface area (Å²) in [6.45, 7) is 11.0. The average Bonchev–Trinajstić information content (AvgIpc) is 3.98. The van der Waals surface area contributed by atoms with E-state index in [0.29, 0.717) is 0 Å². The molecule has 0 unspecified atom stereocenters. The second-order valence-corrected chi connectivity index (χ2v) is 19.5. The normalized spacial score (nSPS) is 14.4. The third kappa shape index (κ3) is 6.28. The van der Waals surface area contributed by atoms with Gasteiger partial charge in [0.2, 0.25) is 0 Å². The lowest BCUT2D eigenvalue weighted by Crippen LogP contribution is -2.28. The number of hydrogen-bond acceptors (Lipinski definition) is 2. The Balaban J connectivity index is 1.05. The number of fused-ring (bicyclic) bond motifs is 7. The first-order valence-corrected chi connectivity index (χ1v) is 24.1. The monoisotopic (exact) mass is 875 g/mol. The van der Waals surface area contributed by atoms with Crippen LogP contribution in [0.3, 0.4) is 0 Å². The van der Waals surface area contributed by atoms with E-state index >= 15 is 0 Å². The molecule has 0 fully saturated rings. The zero-order chi connectivity index (χ0) is 45.3. The number of allylic oxidation sites excluding steroid dienone is 5. The summed E-state index contributed by atoms with van der Waals surface area (Å²) in [5.74, 6) is 0. The second kappa shape index (κ2) is 16.0. The highest BCUT2D eigenvalue weighted by atomic mass is 32.1. The van der Waals surface area contributed by atoms with Crippen molar-refractivity contribution >= 4 is 54.1 Å². The van der Waals surface area contributed by atoms with Gasteiger partial charge in [0.1, 0.15) is 0 Å². The van der Waals surface area contributed by atoms with Crippen LogP contribution in [0.5, 0.6) is 0 Å². The van der Waals surface area contributed by atoms with Crippen LogP contribution in [0.2, 0.25) is 0 Å². The molecule has 1 aromatic heterocycles. The van der Waals surface area contributed by atoms with Crippen molar-refractivity contribution in [2.24, 2.45) is 0 Å². The minimum absolute atomic E-state index is 0.136. The molecule has 0 spiro atoms. The third-order valence-electron chi connectivity index (χ3n) is 14.5. The molecule has 320 valence electrons. The highest BCUT2D eigenvalue weighted by Gasteiger charge is 2.47. The molecule has 0 atom stereocenters. The molecule has 0 N–H and O–H groups in total. The Morgan fingerprint density at radius 3 is 1.87 bits per heavy atom. The van der Waals surface area contributed by atoms with E-state index in [1.165, 1.54) is 98.1 Å². The van der Waals surface area contributed by atoms with Gasteiger partial charge in [0.05, 0.1) is 11.1 Å². The van der Waals surface area contributed by atoms with Crippen LogP contribution in [0.4, 0.5) is 17.1 Å². The van der Waals surface area contributed by atoms with Gasteiger partial charge in [-0.15, -0.1) is 11.3 Å². The highest BCUT2D eigenvalue weighted by Crippen LogP contribution is 2.59. The fourth-order valence-corrected chi connectivity index (χ4v) is 12.5. The summed E-state index contributed by atoms with van der Waals surface area (Å²) in [6, 6.07) is 79.2. The zero-order valence-corrected chi connectivity index (χ0v) is 38.8. The molecule has 0 aliphatic heterocycles. The molecule has 67 heavy (non-hydrogen) atoms. The molecule has 12 rings (SSSR count). The second-order valence-electron chi connectivity index (χ2n) is 18.4. The molecule has 9 aromatic carbocycles. The Hall–Kier alpha value is -7.78. The van der Waals surface area contributed by atoms with E-state index < -0.39 is 5.41 Å². The summed E-state index contributed by atoms with van der Waals surface area (Å²) < 4.78 is 2.63. The van der Waals surface area contributed by atoms with Gasteiger partial charge in [0, 0.05) is 42.5 Å². The smallest absolute Gasteiger partial charge is 0.0714 e. The number of benzene rings is 9. The Morgan fingerprint density at radius 2 is 1.10 bits per heavy atom. The van der Waals surface area contributed by atoms with Crippen LogP contribution < -0.4 is 4.90 Å². The molecule has 1 nitrogen and oxygen atoms in total. The Kier molecular flexibility index (Phi) is 9.71. The molecule has 0 saturated heterocycles. The van der Waals surface area contributed by atoms with Crippen LogP contribution in [0.15, 0.2) is 243 Å². The van der Waals surface area contributed by atoms with E-state index in [4.69, 9.17) is 0 Å². The predicted octanol–water partition coefficient (Wildman–Crippen LogP) is 18.0. The molecule has 0 amide bonds. The topological polar surface area (TPSA) is 3.24 Å². The molecule has 2 heteroatoms. The maximum absolute atomic E-state index is 4.22. The predicted molar refractivity (Wildman–Crippen MR) is 287 cm³/mol. The van der Waals surface area contributed by atoms with E-state index in [-0.39, 0.29) is 5.41 Å². The van der Waals surface area contributed by atoms with Crippen LogP contribution in [0.1, 0.15) is 54.2 Å². The number of hydrogen-bond donors (Lipinski definition) is 0. The van der Waals surface area contributed by atoms with E-state index in [0.717, 1.165) is 17.1 Å². The Labute approximate surface area is 398 Å². The van der Waals surface area contributed by atoms with Crippen molar-refractivity contribution in [1.82, 2.24) is 0 Å². The molecule has 1 heterocycles. The van der Waals surface area contributed by atoms with E-state index in [2.05, 4.69) is 257 Å². The third-order valence-corrected chi connectivity index (χ3v) is 15.6. The molecular formula is C65H49NS. The molecule has 2 aliphatic rings. The van der Waals surface area contributed by atoms with Gasteiger partial charge in [-0.1, -0.05) is 196 Å². The first-order valence-electron chi connectivity index (χ1n) is 23.3. The van der Waals surface area contributed by atoms with E-state index in [1.54, 1.807) is 0 Å². The fraction of sp³-hybridized carbons (Fsp3) is 0.0769. The summed E-state index contributed by atoms with van der Waals surface area (Å²) in [4.78, 5) is 2.49. The zero-order valence-electron chi connectivity index (χ0n) is 38.0. The Bertz CT molecular complexity index is 3580. The van der Waals surface area contributed by atoms with Crippen molar-refractivity contribution in [1.29, 1.82) is 0 Å². The highest BCUT2D eigenvalue weighted by molar-refractivity contribution is 7.25. The average molecular weight is 876 g/mol.